The quantitative estimate of drug-likeness (QED) is 0.512. The van der Waals surface area contributed by atoms with Gasteiger partial charge in [0.25, 0.3) is 5.95 Å². The van der Waals surface area contributed by atoms with E-state index in [1.807, 2.05) is 4.90 Å². The van der Waals surface area contributed by atoms with E-state index in [0.29, 0.717) is 17.8 Å². The fourth-order valence-corrected chi connectivity index (χ4v) is 2.57. The molecular formula is C12H18N8O. The molecule has 2 aromatic rings. The minimum atomic E-state index is 0.00324. The highest BCUT2D eigenvalue weighted by Gasteiger charge is 2.32. The van der Waals surface area contributed by atoms with Gasteiger partial charge >= 0.3 is 0 Å². The number of aromatic nitrogens is 5. The van der Waals surface area contributed by atoms with Crippen LogP contribution in [0.15, 0.2) is 18.5 Å². The predicted molar refractivity (Wildman–Crippen MR) is 76.8 cm³/mol. The summed E-state index contributed by atoms with van der Waals surface area (Å²) in [5.41, 5.74) is 2.44. The number of nitrogens with zero attached hydrogens (tertiary/aromatic N) is 6. The van der Waals surface area contributed by atoms with E-state index in [9.17, 15) is 5.11 Å². The van der Waals surface area contributed by atoms with E-state index in [4.69, 9.17) is 5.84 Å². The van der Waals surface area contributed by atoms with E-state index >= 15 is 0 Å². The summed E-state index contributed by atoms with van der Waals surface area (Å²) in [6.07, 6.45) is 4.38. The largest absolute Gasteiger partial charge is 0.394 e. The van der Waals surface area contributed by atoms with Crippen molar-refractivity contribution in [1.29, 1.82) is 0 Å². The second-order valence-electron chi connectivity index (χ2n) is 5.06. The topological polar surface area (TPSA) is 118 Å². The number of nitrogens with two attached hydrogens (primary N) is 1. The molecule has 0 bridgehead atoms. The molecule has 0 aliphatic carbocycles. The van der Waals surface area contributed by atoms with E-state index in [0.717, 1.165) is 13.0 Å². The van der Waals surface area contributed by atoms with Gasteiger partial charge < -0.3 is 10.0 Å². The van der Waals surface area contributed by atoms with E-state index in [1.165, 1.54) is 0 Å². The molecule has 2 atom stereocenters. The van der Waals surface area contributed by atoms with Crippen LogP contribution in [0.1, 0.15) is 13.3 Å². The van der Waals surface area contributed by atoms with Gasteiger partial charge in [-0.25, -0.2) is 10.5 Å². The summed E-state index contributed by atoms with van der Waals surface area (Å²) in [5, 5.41) is 13.7. The molecule has 3 heterocycles. The summed E-state index contributed by atoms with van der Waals surface area (Å²) in [6, 6.07) is 1.79. The number of nitrogens with one attached hydrogen (secondary N) is 1. The zero-order valence-electron chi connectivity index (χ0n) is 11.7. The summed E-state index contributed by atoms with van der Waals surface area (Å²) >= 11 is 0. The molecule has 3 rings (SSSR count). The molecule has 0 aromatic carbocycles. The third kappa shape index (κ3) is 2.52. The molecule has 1 fully saturated rings. The van der Waals surface area contributed by atoms with Crippen LogP contribution in [0.3, 0.4) is 0 Å². The Morgan fingerprint density at radius 1 is 1.38 bits per heavy atom. The molecule has 4 N–H and O–H groups in total. The molecule has 0 spiro atoms. The van der Waals surface area contributed by atoms with Gasteiger partial charge in [0, 0.05) is 18.9 Å². The third-order valence-electron chi connectivity index (χ3n) is 3.78. The maximum Gasteiger partial charge on any atom is 0.257 e. The highest BCUT2D eigenvalue weighted by molar-refractivity contribution is 5.41. The molecule has 9 heteroatoms. The fourth-order valence-electron chi connectivity index (χ4n) is 2.57. The summed E-state index contributed by atoms with van der Waals surface area (Å²) in [5.74, 6) is 6.96. The second kappa shape index (κ2) is 5.62. The van der Waals surface area contributed by atoms with Crippen LogP contribution in [0.2, 0.25) is 0 Å². The monoisotopic (exact) mass is 290 g/mol. The van der Waals surface area contributed by atoms with Crippen LogP contribution in [-0.2, 0) is 0 Å². The molecule has 1 aliphatic heterocycles. The normalized spacial score (nSPS) is 21.8. The van der Waals surface area contributed by atoms with Crippen molar-refractivity contribution in [3.63, 3.8) is 0 Å². The first-order valence-corrected chi connectivity index (χ1v) is 6.83. The molecule has 112 valence electrons. The van der Waals surface area contributed by atoms with Gasteiger partial charge in [-0.1, -0.05) is 6.92 Å². The van der Waals surface area contributed by atoms with Crippen LogP contribution >= 0.6 is 0 Å². The summed E-state index contributed by atoms with van der Waals surface area (Å²) < 4.78 is 1.54. The standard InChI is InChI=1S/C12H18N8O/c1-8-3-6-19(9(8)7-21)11-15-10(18-13)16-12(17-11)20-5-2-4-14-20/h2,4-5,8-9,21H,3,6-7,13H2,1H3,(H,15,16,17,18). The molecule has 9 nitrogen and oxygen atoms in total. The Hall–Kier alpha value is -2.26. The van der Waals surface area contributed by atoms with E-state index < -0.39 is 0 Å². The highest BCUT2D eigenvalue weighted by Crippen LogP contribution is 2.27. The van der Waals surface area contributed by atoms with Gasteiger partial charge in [0.1, 0.15) is 0 Å². The van der Waals surface area contributed by atoms with Gasteiger partial charge in [-0.3, -0.25) is 5.43 Å². The van der Waals surface area contributed by atoms with Crippen molar-refractivity contribution in [2.45, 2.75) is 19.4 Å². The minimum absolute atomic E-state index is 0.00324. The first-order chi connectivity index (χ1) is 10.2. The third-order valence-corrected chi connectivity index (χ3v) is 3.78. The number of aliphatic hydroxyl groups excluding tert-OH is 1. The minimum Gasteiger partial charge on any atom is -0.394 e. The van der Waals surface area contributed by atoms with Gasteiger partial charge in [-0.2, -0.15) is 20.1 Å². The van der Waals surface area contributed by atoms with Crippen molar-refractivity contribution in [2.75, 3.05) is 23.5 Å². The highest BCUT2D eigenvalue weighted by atomic mass is 16.3. The summed E-state index contributed by atoms with van der Waals surface area (Å²) in [7, 11) is 0. The Kier molecular flexibility index (Phi) is 3.67. The number of rotatable bonds is 4. The zero-order valence-corrected chi connectivity index (χ0v) is 11.7. The smallest absolute Gasteiger partial charge is 0.257 e. The molecule has 1 saturated heterocycles. The lowest BCUT2D eigenvalue weighted by Crippen LogP contribution is -2.37. The number of aliphatic hydroxyl groups is 1. The van der Waals surface area contributed by atoms with Gasteiger partial charge in [0.15, 0.2) is 0 Å². The maximum absolute atomic E-state index is 9.58. The Labute approximate surface area is 121 Å². The van der Waals surface area contributed by atoms with Crippen LogP contribution in [0.5, 0.6) is 0 Å². The Morgan fingerprint density at radius 3 is 2.86 bits per heavy atom. The summed E-state index contributed by atoms with van der Waals surface area (Å²) in [4.78, 5) is 14.9. The van der Waals surface area contributed by atoms with Gasteiger partial charge in [0.05, 0.1) is 12.6 Å². The van der Waals surface area contributed by atoms with E-state index in [-0.39, 0.29) is 18.6 Å². The zero-order chi connectivity index (χ0) is 14.8. The lowest BCUT2D eigenvalue weighted by molar-refractivity contribution is 0.244. The van der Waals surface area contributed by atoms with Crippen molar-refractivity contribution in [3.8, 4) is 5.95 Å². The average Bonchev–Trinajstić information content (AvgIpc) is 3.16. The van der Waals surface area contributed by atoms with Crippen molar-refractivity contribution in [3.05, 3.63) is 18.5 Å². The van der Waals surface area contributed by atoms with E-state index in [2.05, 4.69) is 32.4 Å². The fraction of sp³-hybridized carbons (Fsp3) is 0.500. The number of hydrogen-bond acceptors (Lipinski definition) is 8. The number of anilines is 2. The lowest BCUT2D eigenvalue weighted by atomic mass is 10.0. The SMILES string of the molecule is CC1CCN(c2nc(NN)nc(-n3cccn3)n2)C1CO. The molecule has 0 radical (unpaired) electrons. The molecule has 0 saturated carbocycles. The van der Waals surface area contributed by atoms with E-state index in [1.54, 1.807) is 23.1 Å². The Bertz CT molecular complexity index is 601. The number of hydrogen-bond donors (Lipinski definition) is 3. The van der Waals surface area contributed by atoms with Crippen molar-refractivity contribution in [2.24, 2.45) is 11.8 Å². The Morgan fingerprint density at radius 2 is 2.19 bits per heavy atom. The lowest BCUT2D eigenvalue weighted by Gasteiger charge is -2.25. The van der Waals surface area contributed by atoms with Crippen LogP contribution in [-0.4, -0.2) is 49.0 Å². The molecular weight excluding hydrogens is 272 g/mol. The Balaban J connectivity index is 2.00. The summed E-state index contributed by atoms with van der Waals surface area (Å²) in [6.45, 7) is 2.97. The first kappa shape index (κ1) is 13.7. The predicted octanol–water partition coefficient (Wildman–Crippen LogP) is -0.450. The van der Waals surface area contributed by atoms with Crippen LogP contribution < -0.4 is 16.2 Å². The first-order valence-electron chi connectivity index (χ1n) is 6.83. The molecule has 2 aromatic heterocycles. The van der Waals surface area contributed by atoms with Crippen LogP contribution in [0, 0.1) is 5.92 Å². The van der Waals surface area contributed by atoms with Crippen molar-refractivity contribution >= 4 is 11.9 Å². The second-order valence-corrected chi connectivity index (χ2v) is 5.06. The molecule has 21 heavy (non-hydrogen) atoms. The van der Waals surface area contributed by atoms with Gasteiger partial charge in [-0.05, 0) is 18.4 Å². The van der Waals surface area contributed by atoms with Crippen molar-refractivity contribution < 1.29 is 5.11 Å². The average molecular weight is 290 g/mol. The molecule has 1 aliphatic rings. The number of nitrogen functional groups attached to an aromatic ring is 1. The van der Waals surface area contributed by atoms with Gasteiger partial charge in [0.2, 0.25) is 11.9 Å². The maximum atomic E-state index is 9.58. The van der Waals surface area contributed by atoms with Gasteiger partial charge in [-0.15, -0.1) is 0 Å². The van der Waals surface area contributed by atoms with Crippen LogP contribution in [0.4, 0.5) is 11.9 Å². The van der Waals surface area contributed by atoms with Crippen LogP contribution in [0.25, 0.3) is 5.95 Å². The van der Waals surface area contributed by atoms with Crippen molar-refractivity contribution in [1.82, 2.24) is 24.7 Å². The molecule has 0 amide bonds. The molecule has 2 unspecified atom stereocenters. The number of hydrazine groups is 1.